The normalized spacial score (nSPS) is 23.0. The third-order valence-corrected chi connectivity index (χ3v) is 8.84. The molecule has 10 heteroatoms. The van der Waals surface area contributed by atoms with Crippen molar-refractivity contribution < 1.29 is 18.0 Å². The maximum absolute atomic E-state index is 13.3. The van der Waals surface area contributed by atoms with E-state index in [0.29, 0.717) is 13.0 Å². The minimum Gasteiger partial charge on any atom is -0.351 e. The predicted octanol–water partition coefficient (Wildman–Crippen LogP) is 1.94. The Morgan fingerprint density at radius 1 is 1.06 bits per heavy atom. The fraction of sp³-hybridized carbons (Fsp3) is 0.636. The van der Waals surface area contributed by atoms with Gasteiger partial charge in [-0.05, 0) is 56.7 Å². The van der Waals surface area contributed by atoms with Gasteiger partial charge in [0, 0.05) is 45.8 Å². The Morgan fingerprint density at radius 3 is 2.38 bits per heavy atom. The molecule has 1 saturated carbocycles. The van der Waals surface area contributed by atoms with E-state index >= 15 is 0 Å². The van der Waals surface area contributed by atoms with Crippen molar-refractivity contribution in [1.29, 1.82) is 0 Å². The Hall–Kier alpha value is -1.68. The lowest BCUT2D eigenvalue weighted by molar-refractivity contribution is -0.125. The quantitative estimate of drug-likeness (QED) is 0.669. The molecule has 8 nitrogen and oxygen atoms in total. The molecule has 1 atom stereocenters. The fourth-order valence-electron chi connectivity index (χ4n) is 4.62. The molecule has 0 spiro atoms. The predicted molar refractivity (Wildman–Crippen MR) is 122 cm³/mol. The largest absolute Gasteiger partial charge is 0.351 e. The van der Waals surface area contributed by atoms with Gasteiger partial charge in [-0.15, -0.1) is 0 Å². The van der Waals surface area contributed by atoms with E-state index in [-0.39, 0.29) is 27.4 Å². The van der Waals surface area contributed by atoms with Crippen molar-refractivity contribution in [3.63, 3.8) is 0 Å². The summed E-state index contributed by atoms with van der Waals surface area (Å²) in [5.41, 5.74) is 0.104. The fourth-order valence-corrected chi connectivity index (χ4v) is 5.75. The molecule has 1 aromatic carbocycles. The molecule has 3 fully saturated rings. The summed E-state index contributed by atoms with van der Waals surface area (Å²) in [4.78, 5) is 30.4. The van der Waals surface area contributed by atoms with E-state index in [1.807, 2.05) is 0 Å². The number of hydrogen-bond acceptors (Lipinski definition) is 5. The Balaban J connectivity index is 1.45. The molecule has 0 aromatic heterocycles. The molecule has 176 valence electrons. The van der Waals surface area contributed by atoms with Crippen molar-refractivity contribution in [3.8, 4) is 0 Å². The van der Waals surface area contributed by atoms with Crippen LogP contribution in [0.5, 0.6) is 0 Å². The lowest BCUT2D eigenvalue weighted by Crippen LogP contribution is -2.51. The first kappa shape index (κ1) is 23.5. The average Bonchev–Trinajstić information content (AvgIpc) is 3.49. The van der Waals surface area contributed by atoms with E-state index in [9.17, 15) is 18.0 Å². The van der Waals surface area contributed by atoms with Gasteiger partial charge in [-0.25, -0.2) is 12.7 Å². The summed E-state index contributed by atoms with van der Waals surface area (Å²) < 4.78 is 26.1. The van der Waals surface area contributed by atoms with Crippen LogP contribution in [0.3, 0.4) is 0 Å². The molecule has 1 aromatic rings. The van der Waals surface area contributed by atoms with Crippen LogP contribution in [0.1, 0.15) is 48.9 Å². The number of carbonyl (C=O) groups excluding carboxylic acids is 2. The first-order valence-electron chi connectivity index (χ1n) is 11.3. The number of halogens is 1. The van der Waals surface area contributed by atoms with Crippen molar-refractivity contribution in [3.05, 3.63) is 28.8 Å². The van der Waals surface area contributed by atoms with Crippen LogP contribution in [0.25, 0.3) is 0 Å². The summed E-state index contributed by atoms with van der Waals surface area (Å²) in [7, 11) is -0.844. The van der Waals surface area contributed by atoms with Crippen LogP contribution in [0.2, 0.25) is 5.02 Å². The van der Waals surface area contributed by atoms with Crippen LogP contribution >= 0.6 is 11.6 Å². The SMILES string of the molecule is CN(C)S(=O)(=O)c1ccc(Cl)c(C(=O)N2CCCC2C(=O)NC2CCN(C3CC3)CC2)c1. The third-order valence-electron chi connectivity index (χ3n) is 6.70. The third kappa shape index (κ3) is 4.81. The van der Waals surface area contributed by atoms with Gasteiger partial charge < -0.3 is 15.1 Å². The number of nitrogens with one attached hydrogen (secondary N) is 1. The van der Waals surface area contributed by atoms with E-state index in [1.165, 1.54) is 50.0 Å². The Kier molecular flexibility index (Phi) is 6.81. The van der Waals surface area contributed by atoms with Gasteiger partial charge in [-0.1, -0.05) is 11.6 Å². The molecular formula is C22H31ClN4O4S. The van der Waals surface area contributed by atoms with Gasteiger partial charge in [0.15, 0.2) is 0 Å². The molecule has 2 aliphatic heterocycles. The second-order valence-electron chi connectivity index (χ2n) is 9.14. The molecule has 1 aliphatic carbocycles. The summed E-state index contributed by atoms with van der Waals surface area (Å²) in [5.74, 6) is -0.541. The maximum Gasteiger partial charge on any atom is 0.256 e. The molecule has 2 saturated heterocycles. The second-order valence-corrected chi connectivity index (χ2v) is 11.7. The zero-order chi connectivity index (χ0) is 23.0. The maximum atomic E-state index is 13.3. The molecule has 32 heavy (non-hydrogen) atoms. The second kappa shape index (κ2) is 9.29. The number of sulfonamides is 1. The van der Waals surface area contributed by atoms with Crippen LogP contribution in [-0.4, -0.2) is 86.2 Å². The van der Waals surface area contributed by atoms with Crippen molar-refractivity contribution in [1.82, 2.24) is 19.4 Å². The van der Waals surface area contributed by atoms with Crippen molar-refractivity contribution in [2.24, 2.45) is 0 Å². The Bertz CT molecular complexity index is 988. The van der Waals surface area contributed by atoms with Crippen LogP contribution < -0.4 is 5.32 Å². The van der Waals surface area contributed by atoms with Gasteiger partial charge in [-0.2, -0.15) is 0 Å². The van der Waals surface area contributed by atoms with Gasteiger partial charge in [0.05, 0.1) is 15.5 Å². The number of carbonyl (C=O) groups is 2. The van der Waals surface area contributed by atoms with E-state index in [0.717, 1.165) is 42.7 Å². The lowest BCUT2D eigenvalue weighted by Gasteiger charge is -2.33. The molecule has 1 N–H and O–H groups in total. The average molecular weight is 483 g/mol. The summed E-state index contributed by atoms with van der Waals surface area (Å²) >= 11 is 6.27. The van der Waals surface area contributed by atoms with Crippen molar-refractivity contribution >= 4 is 33.4 Å². The number of rotatable bonds is 6. The van der Waals surface area contributed by atoms with Gasteiger partial charge in [0.1, 0.15) is 6.04 Å². The van der Waals surface area contributed by atoms with Gasteiger partial charge in [0.2, 0.25) is 15.9 Å². The van der Waals surface area contributed by atoms with Gasteiger partial charge >= 0.3 is 0 Å². The summed E-state index contributed by atoms with van der Waals surface area (Å²) in [6, 6.07) is 4.43. The Morgan fingerprint density at radius 2 is 1.75 bits per heavy atom. The number of piperidine rings is 1. The number of amides is 2. The van der Waals surface area contributed by atoms with E-state index < -0.39 is 22.0 Å². The first-order valence-corrected chi connectivity index (χ1v) is 13.1. The van der Waals surface area contributed by atoms with Crippen LogP contribution in [0.4, 0.5) is 0 Å². The number of benzene rings is 1. The Labute approximate surface area is 194 Å². The number of hydrogen-bond donors (Lipinski definition) is 1. The zero-order valence-electron chi connectivity index (χ0n) is 18.6. The highest BCUT2D eigenvalue weighted by Gasteiger charge is 2.37. The molecule has 4 rings (SSSR count). The monoisotopic (exact) mass is 482 g/mol. The molecule has 0 bridgehead atoms. The van der Waals surface area contributed by atoms with Crippen LogP contribution in [-0.2, 0) is 14.8 Å². The van der Waals surface area contributed by atoms with Crippen molar-refractivity contribution in [2.75, 3.05) is 33.7 Å². The highest BCUT2D eigenvalue weighted by Crippen LogP contribution is 2.30. The van der Waals surface area contributed by atoms with E-state index in [4.69, 9.17) is 11.6 Å². The topological polar surface area (TPSA) is 90.0 Å². The highest BCUT2D eigenvalue weighted by molar-refractivity contribution is 7.89. The summed E-state index contributed by atoms with van der Waals surface area (Å²) in [5, 5.41) is 3.32. The summed E-state index contributed by atoms with van der Waals surface area (Å²) in [6.45, 7) is 2.45. The molecule has 1 unspecified atom stereocenters. The smallest absolute Gasteiger partial charge is 0.256 e. The van der Waals surface area contributed by atoms with E-state index in [2.05, 4.69) is 10.2 Å². The number of nitrogens with zero attached hydrogens (tertiary/aromatic N) is 3. The van der Waals surface area contributed by atoms with Crippen molar-refractivity contribution in [2.45, 2.75) is 61.5 Å². The van der Waals surface area contributed by atoms with Gasteiger partial charge in [-0.3, -0.25) is 9.59 Å². The molecule has 3 aliphatic rings. The molecule has 2 heterocycles. The minimum atomic E-state index is -3.71. The van der Waals surface area contributed by atoms with Crippen LogP contribution in [0, 0.1) is 0 Å². The number of likely N-dealkylation sites (tertiary alicyclic amines) is 2. The zero-order valence-corrected chi connectivity index (χ0v) is 20.2. The molecule has 2 amide bonds. The molecule has 0 radical (unpaired) electrons. The minimum absolute atomic E-state index is 0.00197. The van der Waals surface area contributed by atoms with Crippen LogP contribution in [0.15, 0.2) is 23.1 Å². The first-order chi connectivity index (χ1) is 15.2. The molecular weight excluding hydrogens is 452 g/mol. The van der Waals surface area contributed by atoms with Gasteiger partial charge in [0.25, 0.3) is 5.91 Å². The highest BCUT2D eigenvalue weighted by atomic mass is 35.5. The summed E-state index contributed by atoms with van der Waals surface area (Å²) in [6.07, 6.45) is 5.74. The van der Waals surface area contributed by atoms with E-state index in [1.54, 1.807) is 0 Å². The standard InChI is InChI=1S/C22H31ClN4O4S/c1-25(2)32(30,31)17-7-8-19(23)18(14-17)22(29)27-11-3-4-20(27)21(28)24-15-9-12-26(13-10-15)16-5-6-16/h7-8,14-16,20H,3-6,9-13H2,1-2H3,(H,24,28). The lowest BCUT2D eigenvalue weighted by atomic mass is 10.0.